The molecule has 1 aromatic rings. The Morgan fingerprint density at radius 1 is 0.900 bits per heavy atom. The Morgan fingerprint density at radius 2 is 1.52 bits per heavy atom. The number of ether oxygens (including phenoxy) is 8. The van der Waals surface area contributed by atoms with Crippen molar-refractivity contribution in [2.45, 2.75) is 89.4 Å². The molecule has 0 spiro atoms. The van der Waals surface area contributed by atoms with E-state index in [0.717, 1.165) is 33.6 Å². The number of esters is 4. The van der Waals surface area contributed by atoms with E-state index in [9.17, 15) is 19.2 Å². The van der Waals surface area contributed by atoms with Gasteiger partial charge in [-0.25, -0.2) is 0 Å². The minimum absolute atomic E-state index is 0.0667. The van der Waals surface area contributed by atoms with Crippen LogP contribution >= 0.6 is 11.6 Å². The third-order valence-electron chi connectivity index (χ3n) is 6.64. The van der Waals surface area contributed by atoms with Crippen molar-refractivity contribution in [3.05, 3.63) is 28.8 Å². The van der Waals surface area contributed by atoms with Crippen LogP contribution in [0.15, 0.2) is 18.2 Å². The molecule has 40 heavy (non-hydrogen) atoms. The fraction of sp³-hybridized carbons (Fsp3) is 0.630. The lowest BCUT2D eigenvalue weighted by molar-refractivity contribution is -0.367. The van der Waals surface area contributed by atoms with Gasteiger partial charge in [0.15, 0.2) is 12.2 Å². The van der Waals surface area contributed by atoms with Gasteiger partial charge < -0.3 is 37.9 Å². The van der Waals surface area contributed by atoms with Crippen LogP contribution in [0.25, 0.3) is 0 Å². The topological polar surface area (TPSA) is 142 Å². The van der Waals surface area contributed by atoms with Crippen LogP contribution in [0.3, 0.4) is 0 Å². The second-order valence-electron chi connectivity index (χ2n) is 9.56. The van der Waals surface area contributed by atoms with Crippen molar-refractivity contribution in [1.82, 2.24) is 0 Å². The molecule has 222 valence electrons. The van der Waals surface area contributed by atoms with Gasteiger partial charge in [-0.3, -0.25) is 19.2 Å². The second kappa shape index (κ2) is 13.6. The average Bonchev–Trinajstić information content (AvgIpc) is 3.33. The van der Waals surface area contributed by atoms with Crippen molar-refractivity contribution >= 4 is 35.5 Å². The van der Waals surface area contributed by atoms with Crippen LogP contribution in [-0.4, -0.2) is 81.3 Å². The van der Waals surface area contributed by atoms with E-state index in [0.29, 0.717) is 17.2 Å². The summed E-state index contributed by atoms with van der Waals surface area (Å²) in [6, 6.07) is 4.70. The molecule has 2 unspecified atom stereocenters. The minimum atomic E-state index is -1.94. The quantitative estimate of drug-likeness (QED) is 0.294. The van der Waals surface area contributed by atoms with E-state index in [4.69, 9.17) is 49.5 Å². The van der Waals surface area contributed by atoms with Gasteiger partial charge in [-0.1, -0.05) is 17.7 Å². The van der Waals surface area contributed by atoms with Crippen LogP contribution in [0.1, 0.15) is 52.5 Å². The van der Waals surface area contributed by atoms with E-state index < -0.39 is 60.7 Å². The molecule has 0 aromatic heterocycles. The average molecular weight is 587 g/mol. The zero-order valence-corrected chi connectivity index (χ0v) is 24.1. The Bertz CT molecular complexity index is 1090. The highest BCUT2D eigenvalue weighted by Crippen LogP contribution is 2.45. The molecule has 2 fully saturated rings. The predicted octanol–water partition coefficient (Wildman–Crippen LogP) is 2.84. The summed E-state index contributed by atoms with van der Waals surface area (Å²) in [7, 11) is 2.94. The molecule has 1 aliphatic heterocycles. The zero-order chi connectivity index (χ0) is 29.6. The van der Waals surface area contributed by atoms with Gasteiger partial charge in [0.25, 0.3) is 0 Å². The van der Waals surface area contributed by atoms with Crippen LogP contribution in [0.2, 0.25) is 5.02 Å². The molecule has 1 aliphatic carbocycles. The summed E-state index contributed by atoms with van der Waals surface area (Å²) in [5.74, 6) is -4.52. The van der Waals surface area contributed by atoms with Crippen LogP contribution < -0.4 is 4.74 Å². The third kappa shape index (κ3) is 7.42. The summed E-state index contributed by atoms with van der Waals surface area (Å²) in [6.07, 6.45) is -3.28. The maximum absolute atomic E-state index is 12.3. The van der Waals surface area contributed by atoms with Gasteiger partial charge in [-0.2, -0.15) is 0 Å². The Morgan fingerprint density at radius 3 is 2.08 bits per heavy atom. The fourth-order valence-corrected chi connectivity index (χ4v) is 5.15. The van der Waals surface area contributed by atoms with Crippen molar-refractivity contribution in [3.63, 3.8) is 0 Å². The maximum atomic E-state index is 12.3. The molecule has 7 atom stereocenters. The molecule has 3 rings (SSSR count). The van der Waals surface area contributed by atoms with Crippen molar-refractivity contribution in [3.8, 4) is 5.75 Å². The summed E-state index contributed by atoms with van der Waals surface area (Å²) < 4.78 is 45.7. The predicted molar refractivity (Wildman–Crippen MR) is 137 cm³/mol. The summed E-state index contributed by atoms with van der Waals surface area (Å²) in [5, 5.41) is 0.307. The highest BCUT2D eigenvalue weighted by atomic mass is 35.5. The minimum Gasteiger partial charge on any atom is -0.489 e. The lowest BCUT2D eigenvalue weighted by Crippen LogP contribution is -2.67. The van der Waals surface area contributed by atoms with Gasteiger partial charge in [0.05, 0.1) is 11.1 Å². The first-order valence-corrected chi connectivity index (χ1v) is 13.1. The van der Waals surface area contributed by atoms with Gasteiger partial charge in [0.2, 0.25) is 11.9 Å². The first-order valence-electron chi connectivity index (χ1n) is 12.8. The lowest BCUT2D eigenvalue weighted by atomic mass is 9.87. The molecule has 2 aliphatic rings. The van der Waals surface area contributed by atoms with Gasteiger partial charge in [0, 0.05) is 53.9 Å². The Balaban J connectivity index is 2.13. The monoisotopic (exact) mass is 586 g/mol. The highest BCUT2D eigenvalue weighted by Gasteiger charge is 2.61. The number of halogens is 1. The van der Waals surface area contributed by atoms with E-state index in [1.54, 1.807) is 25.3 Å². The van der Waals surface area contributed by atoms with Gasteiger partial charge in [0.1, 0.15) is 24.6 Å². The van der Waals surface area contributed by atoms with Gasteiger partial charge in [-0.15, -0.1) is 0 Å². The normalized spacial score (nSPS) is 29.8. The number of hydrogen-bond acceptors (Lipinski definition) is 12. The summed E-state index contributed by atoms with van der Waals surface area (Å²) in [4.78, 5) is 48.2. The van der Waals surface area contributed by atoms with Crippen molar-refractivity contribution in [2.24, 2.45) is 0 Å². The lowest BCUT2D eigenvalue weighted by Gasteiger charge is -2.50. The molecule has 0 radical (unpaired) electrons. The Kier molecular flexibility index (Phi) is 10.8. The highest BCUT2D eigenvalue weighted by molar-refractivity contribution is 6.32. The number of carbonyl (C=O) groups is 4. The first kappa shape index (κ1) is 31.6. The van der Waals surface area contributed by atoms with Crippen LogP contribution in [0, 0.1) is 0 Å². The number of methoxy groups -OCH3 is 2. The molecular formula is C27H35ClO12. The fourth-order valence-electron chi connectivity index (χ4n) is 4.99. The number of hydrogen-bond donors (Lipinski definition) is 0. The third-order valence-corrected chi connectivity index (χ3v) is 6.95. The van der Waals surface area contributed by atoms with E-state index in [1.807, 2.05) is 0 Å². The molecule has 0 amide bonds. The second-order valence-corrected chi connectivity index (χ2v) is 9.97. The maximum Gasteiger partial charge on any atom is 0.303 e. The van der Waals surface area contributed by atoms with Crippen LogP contribution in [0.4, 0.5) is 0 Å². The SMILES string of the molecule is COC1CCC(Oc2cc([C@]3(OC)O[C@H](COC(C)=O)[C@@H](OC(C)=O)[C@H](OC(C)=O)[C@H]3OC(C)=O)ccc2Cl)C1. The number of benzene rings is 1. The smallest absolute Gasteiger partial charge is 0.303 e. The first-order chi connectivity index (χ1) is 18.9. The van der Waals surface area contributed by atoms with Gasteiger partial charge in [-0.05, 0) is 25.0 Å². The molecule has 13 heteroatoms. The zero-order valence-electron chi connectivity index (χ0n) is 23.3. The van der Waals surface area contributed by atoms with E-state index in [1.165, 1.54) is 14.0 Å². The molecule has 1 aromatic carbocycles. The van der Waals surface area contributed by atoms with E-state index >= 15 is 0 Å². The summed E-state index contributed by atoms with van der Waals surface area (Å²) in [5.41, 5.74) is 0.285. The van der Waals surface area contributed by atoms with Crippen LogP contribution in [0.5, 0.6) is 5.75 Å². The summed E-state index contributed by atoms with van der Waals surface area (Å²) >= 11 is 6.48. The van der Waals surface area contributed by atoms with E-state index in [2.05, 4.69) is 0 Å². The molecule has 1 heterocycles. The Hall–Kier alpha value is -2.93. The number of rotatable bonds is 10. The van der Waals surface area contributed by atoms with Crippen molar-refractivity contribution < 1.29 is 57.1 Å². The molecular weight excluding hydrogens is 552 g/mol. The van der Waals surface area contributed by atoms with Crippen molar-refractivity contribution in [1.29, 1.82) is 0 Å². The number of carbonyl (C=O) groups excluding carboxylic acids is 4. The van der Waals surface area contributed by atoms with Crippen molar-refractivity contribution in [2.75, 3.05) is 20.8 Å². The van der Waals surface area contributed by atoms with Crippen LogP contribution in [-0.2, 0) is 58.1 Å². The molecule has 12 nitrogen and oxygen atoms in total. The standard InChI is InChI=1S/C27H35ClO12/c1-14(29)35-13-23-24(36-15(2)30)25(37-16(3)31)26(38-17(4)32)27(34-6,40-23)18-7-10-21(28)22(11-18)39-20-9-8-19(12-20)33-5/h7,10-11,19-20,23-26H,8-9,12-13H2,1-6H3/t19?,20?,23-,24-,25+,26-,27+/m1/s1. The summed E-state index contributed by atoms with van der Waals surface area (Å²) in [6.45, 7) is 4.23. The molecule has 0 bridgehead atoms. The van der Waals surface area contributed by atoms with E-state index in [-0.39, 0.29) is 17.8 Å². The molecule has 0 N–H and O–H groups in total. The molecule has 1 saturated heterocycles. The van der Waals surface area contributed by atoms with Gasteiger partial charge >= 0.3 is 23.9 Å². The largest absolute Gasteiger partial charge is 0.489 e. The Labute approximate surface area is 237 Å². The molecule has 1 saturated carbocycles.